The van der Waals surface area contributed by atoms with Crippen molar-refractivity contribution in [2.75, 3.05) is 11.1 Å². The van der Waals surface area contributed by atoms with Gasteiger partial charge in [-0.25, -0.2) is 0 Å². The Kier molecular flexibility index (Phi) is 3.41. The van der Waals surface area contributed by atoms with Crippen molar-refractivity contribution in [2.45, 2.75) is 45.3 Å². The molecule has 0 saturated heterocycles. The minimum Gasteiger partial charge on any atom is -0.397 e. The number of halogens is 3. The van der Waals surface area contributed by atoms with Crippen LogP contribution in [-0.2, 0) is 6.18 Å². The third kappa shape index (κ3) is 2.96. The van der Waals surface area contributed by atoms with E-state index >= 15 is 0 Å². The number of nitrogens with two attached hydrogens (primary N) is 1. The molecule has 0 bridgehead atoms. The molecule has 2 rings (SSSR count). The SMILES string of the molecule is CC1(C)CCCC1Nc1ccc(C(F)(F)F)cc1N. The van der Waals surface area contributed by atoms with Crippen molar-refractivity contribution in [2.24, 2.45) is 5.41 Å². The number of benzene rings is 1. The van der Waals surface area contributed by atoms with Gasteiger partial charge in [0.05, 0.1) is 16.9 Å². The first-order chi connectivity index (χ1) is 8.70. The molecule has 1 atom stereocenters. The molecule has 106 valence electrons. The lowest BCUT2D eigenvalue weighted by molar-refractivity contribution is -0.137. The van der Waals surface area contributed by atoms with Gasteiger partial charge < -0.3 is 11.1 Å². The molecule has 3 N–H and O–H groups in total. The predicted octanol–water partition coefficient (Wildman–Crippen LogP) is 4.28. The molecule has 1 fully saturated rings. The van der Waals surface area contributed by atoms with Crippen molar-refractivity contribution in [3.63, 3.8) is 0 Å². The summed E-state index contributed by atoms with van der Waals surface area (Å²) >= 11 is 0. The van der Waals surface area contributed by atoms with Crippen LogP contribution in [0.1, 0.15) is 38.7 Å². The number of hydrogen-bond donors (Lipinski definition) is 2. The van der Waals surface area contributed by atoms with Crippen LogP contribution >= 0.6 is 0 Å². The van der Waals surface area contributed by atoms with E-state index in [-0.39, 0.29) is 17.1 Å². The predicted molar refractivity (Wildman–Crippen MR) is 70.9 cm³/mol. The standard InChI is InChI=1S/C14H19F3N2/c1-13(2)7-3-4-12(13)19-11-6-5-9(8-10(11)18)14(15,16)17/h5-6,8,12,19H,3-4,7,18H2,1-2H3. The third-order valence-corrected chi connectivity index (χ3v) is 3.97. The summed E-state index contributed by atoms with van der Waals surface area (Å²) in [5.74, 6) is 0. The van der Waals surface area contributed by atoms with E-state index in [9.17, 15) is 13.2 Å². The van der Waals surface area contributed by atoms with Crippen molar-refractivity contribution >= 4 is 11.4 Å². The second-order valence-corrected chi connectivity index (χ2v) is 5.88. The van der Waals surface area contributed by atoms with E-state index in [4.69, 9.17) is 5.73 Å². The molecule has 1 aromatic carbocycles. The number of nitrogens with one attached hydrogen (secondary N) is 1. The van der Waals surface area contributed by atoms with Gasteiger partial charge in [0.25, 0.3) is 0 Å². The van der Waals surface area contributed by atoms with Crippen LogP contribution in [0.3, 0.4) is 0 Å². The van der Waals surface area contributed by atoms with Gasteiger partial charge >= 0.3 is 6.18 Å². The van der Waals surface area contributed by atoms with Crippen LogP contribution in [0.2, 0.25) is 0 Å². The van der Waals surface area contributed by atoms with Crippen LogP contribution in [0.15, 0.2) is 18.2 Å². The van der Waals surface area contributed by atoms with Gasteiger partial charge in [-0.05, 0) is 36.5 Å². The first kappa shape index (κ1) is 14.0. The normalized spacial score (nSPS) is 22.5. The van der Waals surface area contributed by atoms with Crippen molar-refractivity contribution in [3.05, 3.63) is 23.8 Å². The summed E-state index contributed by atoms with van der Waals surface area (Å²) in [7, 11) is 0. The van der Waals surface area contributed by atoms with E-state index in [0.29, 0.717) is 5.69 Å². The summed E-state index contributed by atoms with van der Waals surface area (Å²) in [5.41, 5.74) is 5.90. The summed E-state index contributed by atoms with van der Waals surface area (Å²) < 4.78 is 37.7. The third-order valence-electron chi connectivity index (χ3n) is 3.97. The molecular weight excluding hydrogens is 253 g/mol. The number of alkyl halides is 3. The quantitative estimate of drug-likeness (QED) is 0.789. The Morgan fingerprint density at radius 3 is 2.47 bits per heavy atom. The number of rotatable bonds is 2. The fourth-order valence-electron chi connectivity index (χ4n) is 2.65. The molecule has 1 aromatic rings. The topological polar surface area (TPSA) is 38.0 Å². The molecule has 0 aliphatic heterocycles. The van der Waals surface area contributed by atoms with E-state index in [1.807, 2.05) is 0 Å². The average Bonchev–Trinajstić information content (AvgIpc) is 2.59. The maximum Gasteiger partial charge on any atom is 0.416 e. The lowest BCUT2D eigenvalue weighted by Gasteiger charge is -2.29. The fraction of sp³-hybridized carbons (Fsp3) is 0.571. The Morgan fingerprint density at radius 2 is 2.00 bits per heavy atom. The highest BCUT2D eigenvalue weighted by Gasteiger charge is 2.35. The lowest BCUT2D eigenvalue weighted by atomic mass is 9.87. The average molecular weight is 272 g/mol. The smallest absolute Gasteiger partial charge is 0.397 e. The molecule has 1 unspecified atom stereocenters. The van der Waals surface area contributed by atoms with Crippen LogP contribution in [0.4, 0.5) is 24.5 Å². The molecule has 2 nitrogen and oxygen atoms in total. The Balaban J connectivity index is 2.18. The summed E-state index contributed by atoms with van der Waals surface area (Å²) in [6, 6.07) is 3.74. The van der Waals surface area contributed by atoms with Gasteiger partial charge in [0.15, 0.2) is 0 Å². The zero-order chi connectivity index (χ0) is 14.3. The lowest BCUT2D eigenvalue weighted by Crippen LogP contribution is -2.31. The van der Waals surface area contributed by atoms with Gasteiger partial charge in [0.2, 0.25) is 0 Å². The Hall–Kier alpha value is -1.39. The van der Waals surface area contributed by atoms with Gasteiger partial charge in [0.1, 0.15) is 0 Å². The summed E-state index contributed by atoms with van der Waals surface area (Å²) in [6.45, 7) is 4.33. The molecule has 0 radical (unpaired) electrons. The Labute approximate surface area is 111 Å². The van der Waals surface area contributed by atoms with Crippen LogP contribution < -0.4 is 11.1 Å². The van der Waals surface area contributed by atoms with Crippen LogP contribution in [0, 0.1) is 5.41 Å². The van der Waals surface area contributed by atoms with E-state index in [1.165, 1.54) is 6.07 Å². The summed E-state index contributed by atoms with van der Waals surface area (Å²) in [4.78, 5) is 0. The largest absolute Gasteiger partial charge is 0.416 e. The minimum atomic E-state index is -4.35. The van der Waals surface area contributed by atoms with Gasteiger partial charge in [-0.2, -0.15) is 13.2 Å². The summed E-state index contributed by atoms with van der Waals surface area (Å²) in [5, 5.41) is 3.29. The number of hydrogen-bond acceptors (Lipinski definition) is 2. The van der Waals surface area contributed by atoms with E-state index in [1.54, 1.807) is 0 Å². The highest BCUT2D eigenvalue weighted by molar-refractivity contribution is 5.67. The molecule has 5 heteroatoms. The van der Waals surface area contributed by atoms with Crippen molar-refractivity contribution in [1.82, 2.24) is 0 Å². The van der Waals surface area contributed by atoms with Crippen LogP contribution in [0.25, 0.3) is 0 Å². The van der Waals surface area contributed by atoms with Crippen molar-refractivity contribution < 1.29 is 13.2 Å². The molecule has 19 heavy (non-hydrogen) atoms. The fourth-order valence-corrected chi connectivity index (χ4v) is 2.65. The molecule has 0 heterocycles. The van der Waals surface area contributed by atoms with Gasteiger partial charge in [-0.1, -0.05) is 20.3 Å². The highest BCUT2D eigenvalue weighted by Crippen LogP contribution is 2.40. The van der Waals surface area contributed by atoms with Gasteiger partial charge in [-0.3, -0.25) is 0 Å². The zero-order valence-electron chi connectivity index (χ0n) is 11.1. The number of anilines is 2. The van der Waals surface area contributed by atoms with Crippen LogP contribution in [-0.4, -0.2) is 6.04 Å². The Morgan fingerprint density at radius 1 is 1.32 bits per heavy atom. The first-order valence-corrected chi connectivity index (χ1v) is 6.43. The van der Waals surface area contributed by atoms with Crippen molar-refractivity contribution in [3.8, 4) is 0 Å². The molecule has 0 aromatic heterocycles. The molecular formula is C14H19F3N2. The van der Waals surface area contributed by atoms with Crippen molar-refractivity contribution in [1.29, 1.82) is 0 Å². The maximum absolute atomic E-state index is 12.6. The molecule has 0 spiro atoms. The minimum absolute atomic E-state index is 0.148. The Bertz CT molecular complexity index is 466. The second kappa shape index (κ2) is 4.62. The van der Waals surface area contributed by atoms with Crippen LogP contribution in [0.5, 0.6) is 0 Å². The van der Waals surface area contributed by atoms with Gasteiger partial charge in [0, 0.05) is 6.04 Å². The zero-order valence-corrected chi connectivity index (χ0v) is 11.1. The summed E-state index contributed by atoms with van der Waals surface area (Å²) in [6.07, 6.45) is -1.08. The maximum atomic E-state index is 12.6. The molecule has 1 aliphatic carbocycles. The van der Waals surface area contributed by atoms with Gasteiger partial charge in [-0.15, -0.1) is 0 Å². The molecule has 1 saturated carbocycles. The number of nitrogen functional groups attached to an aromatic ring is 1. The highest BCUT2D eigenvalue weighted by atomic mass is 19.4. The van der Waals surface area contributed by atoms with E-state index < -0.39 is 11.7 Å². The first-order valence-electron chi connectivity index (χ1n) is 6.43. The monoisotopic (exact) mass is 272 g/mol. The molecule has 0 amide bonds. The molecule has 1 aliphatic rings. The van der Waals surface area contributed by atoms with E-state index in [0.717, 1.165) is 31.4 Å². The second-order valence-electron chi connectivity index (χ2n) is 5.88. The van der Waals surface area contributed by atoms with E-state index in [2.05, 4.69) is 19.2 Å².